The molecule has 0 aliphatic heterocycles. The number of hydrogen-bond donors (Lipinski definition) is 1. The van der Waals surface area contributed by atoms with Gasteiger partial charge in [0.15, 0.2) is 0 Å². The normalized spacial score (nSPS) is 10.8. The monoisotopic (exact) mass is 292 g/mol. The van der Waals surface area contributed by atoms with Crippen molar-refractivity contribution in [1.82, 2.24) is 9.78 Å². The van der Waals surface area contributed by atoms with Crippen LogP contribution in [-0.2, 0) is 6.54 Å². The number of aromatic nitrogens is 2. The summed E-state index contributed by atoms with van der Waals surface area (Å²) >= 11 is 0. The maximum Gasteiger partial charge on any atom is 0.272 e. The number of nitrogens with one attached hydrogen (secondary N) is 1. The average molecular weight is 292 g/mol. The van der Waals surface area contributed by atoms with Gasteiger partial charge in [0.05, 0.1) is 11.3 Å². The molecule has 0 spiro atoms. The zero-order valence-electron chi connectivity index (χ0n) is 13.0. The highest BCUT2D eigenvalue weighted by Gasteiger charge is 2.17. The van der Waals surface area contributed by atoms with Crippen LogP contribution in [0.2, 0.25) is 0 Å². The first-order chi connectivity index (χ1) is 10.7. The number of rotatable bonds is 4. The van der Waals surface area contributed by atoms with Gasteiger partial charge in [-0.25, -0.2) is 0 Å². The van der Waals surface area contributed by atoms with Gasteiger partial charge in [-0.15, -0.1) is 0 Å². The summed E-state index contributed by atoms with van der Waals surface area (Å²) in [4.78, 5) is 12.5. The van der Waals surface area contributed by atoms with Gasteiger partial charge < -0.3 is 0 Å². The smallest absolute Gasteiger partial charge is 0.272 e. The van der Waals surface area contributed by atoms with Crippen molar-refractivity contribution >= 4 is 0 Å². The SMILES string of the molecule is CCCn1[nH]c(=O)c(-c2ccc(C)cc2)c1-c1ccccc1. The molecule has 2 aromatic carbocycles. The van der Waals surface area contributed by atoms with Gasteiger partial charge in [0.25, 0.3) is 5.56 Å². The van der Waals surface area contributed by atoms with Gasteiger partial charge in [-0.3, -0.25) is 14.6 Å². The Morgan fingerprint density at radius 1 is 0.955 bits per heavy atom. The van der Waals surface area contributed by atoms with E-state index in [0.717, 1.165) is 35.3 Å². The van der Waals surface area contributed by atoms with Crippen LogP contribution in [0.1, 0.15) is 18.9 Å². The number of nitrogens with zero attached hydrogens (tertiary/aromatic N) is 1. The second-order valence-corrected chi connectivity index (χ2v) is 5.55. The number of hydrogen-bond acceptors (Lipinski definition) is 1. The second-order valence-electron chi connectivity index (χ2n) is 5.55. The molecule has 3 rings (SSSR count). The second kappa shape index (κ2) is 6.06. The van der Waals surface area contributed by atoms with E-state index in [1.807, 2.05) is 66.2 Å². The first kappa shape index (κ1) is 14.4. The van der Waals surface area contributed by atoms with Crippen LogP contribution >= 0.6 is 0 Å². The van der Waals surface area contributed by atoms with Gasteiger partial charge in [0.1, 0.15) is 0 Å². The van der Waals surface area contributed by atoms with Crippen LogP contribution in [0.5, 0.6) is 0 Å². The van der Waals surface area contributed by atoms with Crippen molar-refractivity contribution in [3.05, 3.63) is 70.5 Å². The van der Waals surface area contributed by atoms with Gasteiger partial charge in [-0.05, 0) is 18.9 Å². The molecular weight excluding hydrogens is 272 g/mol. The number of aryl methyl sites for hydroxylation is 2. The van der Waals surface area contributed by atoms with E-state index < -0.39 is 0 Å². The molecule has 3 aromatic rings. The highest BCUT2D eigenvalue weighted by atomic mass is 16.1. The lowest BCUT2D eigenvalue weighted by Crippen LogP contribution is -2.06. The molecule has 0 aliphatic rings. The van der Waals surface area contributed by atoms with E-state index in [1.165, 1.54) is 5.56 Å². The molecule has 22 heavy (non-hydrogen) atoms. The van der Waals surface area contributed by atoms with Gasteiger partial charge in [0.2, 0.25) is 0 Å². The minimum Gasteiger partial charge on any atom is -0.284 e. The van der Waals surface area contributed by atoms with Crippen LogP contribution in [0, 0.1) is 6.92 Å². The highest BCUT2D eigenvalue weighted by molar-refractivity contribution is 5.80. The van der Waals surface area contributed by atoms with Crippen LogP contribution in [-0.4, -0.2) is 9.78 Å². The maximum absolute atomic E-state index is 12.5. The summed E-state index contributed by atoms with van der Waals surface area (Å²) in [5.41, 5.74) is 4.90. The lowest BCUT2D eigenvalue weighted by Gasteiger charge is -2.10. The summed E-state index contributed by atoms with van der Waals surface area (Å²) < 4.78 is 1.97. The molecule has 1 N–H and O–H groups in total. The summed E-state index contributed by atoms with van der Waals surface area (Å²) in [5, 5.41) is 2.99. The Bertz CT molecular complexity index is 811. The minimum absolute atomic E-state index is 0.0313. The molecule has 0 bridgehead atoms. The van der Waals surface area contributed by atoms with Crippen molar-refractivity contribution < 1.29 is 0 Å². The van der Waals surface area contributed by atoms with E-state index in [-0.39, 0.29) is 5.56 Å². The Morgan fingerprint density at radius 3 is 2.27 bits per heavy atom. The van der Waals surface area contributed by atoms with Crippen molar-refractivity contribution in [2.24, 2.45) is 0 Å². The molecule has 3 nitrogen and oxygen atoms in total. The van der Waals surface area contributed by atoms with Gasteiger partial charge in [-0.2, -0.15) is 0 Å². The first-order valence-corrected chi connectivity index (χ1v) is 7.66. The molecule has 0 unspecified atom stereocenters. The molecule has 3 heteroatoms. The fourth-order valence-corrected chi connectivity index (χ4v) is 2.75. The predicted octanol–water partition coefficient (Wildman–Crippen LogP) is 4.23. The van der Waals surface area contributed by atoms with Crippen LogP contribution in [0.3, 0.4) is 0 Å². The van der Waals surface area contributed by atoms with Crippen molar-refractivity contribution in [2.45, 2.75) is 26.8 Å². The molecule has 1 heterocycles. The minimum atomic E-state index is -0.0313. The maximum atomic E-state index is 12.5. The summed E-state index contributed by atoms with van der Waals surface area (Å²) in [5.74, 6) is 0. The Morgan fingerprint density at radius 2 is 1.64 bits per heavy atom. The van der Waals surface area contributed by atoms with Crippen molar-refractivity contribution in [2.75, 3.05) is 0 Å². The quantitative estimate of drug-likeness (QED) is 0.767. The first-order valence-electron chi connectivity index (χ1n) is 7.66. The van der Waals surface area contributed by atoms with E-state index in [4.69, 9.17) is 0 Å². The third kappa shape index (κ3) is 2.62. The average Bonchev–Trinajstić information content (AvgIpc) is 2.86. The third-order valence-electron chi connectivity index (χ3n) is 3.80. The molecule has 0 fully saturated rings. The molecule has 0 atom stereocenters. The van der Waals surface area contributed by atoms with Crippen LogP contribution in [0.25, 0.3) is 22.4 Å². The molecule has 0 saturated heterocycles. The Hall–Kier alpha value is -2.55. The molecule has 112 valence electrons. The molecule has 0 aliphatic carbocycles. The lowest BCUT2D eigenvalue weighted by molar-refractivity contribution is 0.604. The van der Waals surface area contributed by atoms with Crippen molar-refractivity contribution in [1.29, 1.82) is 0 Å². The van der Waals surface area contributed by atoms with Gasteiger partial charge in [-0.1, -0.05) is 67.1 Å². The largest absolute Gasteiger partial charge is 0.284 e. The molecule has 0 amide bonds. The Kier molecular flexibility index (Phi) is 3.96. The summed E-state index contributed by atoms with van der Waals surface area (Å²) in [6.07, 6.45) is 0.970. The Labute approximate surface area is 130 Å². The van der Waals surface area contributed by atoms with E-state index in [1.54, 1.807) is 0 Å². The highest BCUT2D eigenvalue weighted by Crippen LogP contribution is 2.29. The molecule has 0 saturated carbocycles. The summed E-state index contributed by atoms with van der Waals surface area (Å²) in [6.45, 7) is 4.96. The molecule has 0 radical (unpaired) electrons. The van der Waals surface area contributed by atoms with Gasteiger partial charge in [0, 0.05) is 12.1 Å². The van der Waals surface area contributed by atoms with Crippen LogP contribution < -0.4 is 5.56 Å². The van der Waals surface area contributed by atoms with Crippen LogP contribution in [0.4, 0.5) is 0 Å². The van der Waals surface area contributed by atoms with Crippen molar-refractivity contribution in [3.63, 3.8) is 0 Å². The van der Waals surface area contributed by atoms with E-state index >= 15 is 0 Å². The Balaban J connectivity index is 2.25. The van der Waals surface area contributed by atoms with E-state index in [0.29, 0.717) is 0 Å². The number of aromatic amines is 1. The third-order valence-corrected chi connectivity index (χ3v) is 3.80. The lowest BCUT2D eigenvalue weighted by atomic mass is 10.0. The van der Waals surface area contributed by atoms with E-state index in [2.05, 4.69) is 12.0 Å². The predicted molar refractivity (Wildman–Crippen MR) is 91.0 cm³/mol. The molecule has 1 aromatic heterocycles. The van der Waals surface area contributed by atoms with Gasteiger partial charge >= 0.3 is 0 Å². The fourth-order valence-electron chi connectivity index (χ4n) is 2.75. The number of H-pyrrole nitrogens is 1. The zero-order valence-corrected chi connectivity index (χ0v) is 13.0. The van der Waals surface area contributed by atoms with E-state index in [9.17, 15) is 4.79 Å². The van der Waals surface area contributed by atoms with Crippen LogP contribution in [0.15, 0.2) is 59.4 Å². The topological polar surface area (TPSA) is 37.8 Å². The summed E-state index contributed by atoms with van der Waals surface area (Å²) in [7, 11) is 0. The summed E-state index contributed by atoms with van der Waals surface area (Å²) in [6, 6.07) is 18.2. The standard InChI is InChI=1S/C19H20N2O/c1-3-13-21-18(16-7-5-4-6-8-16)17(19(22)20-21)15-11-9-14(2)10-12-15/h4-12H,3,13H2,1-2H3,(H,20,22). The number of benzene rings is 2. The van der Waals surface area contributed by atoms with Crippen molar-refractivity contribution in [3.8, 4) is 22.4 Å². The molecular formula is C19H20N2O. The fraction of sp³-hybridized carbons (Fsp3) is 0.211. The zero-order chi connectivity index (χ0) is 15.5.